The monoisotopic (exact) mass is 217 g/mol. The zero-order valence-electron chi connectivity index (χ0n) is 10.4. The molecule has 0 bridgehead atoms. The quantitative estimate of drug-likeness (QED) is 0.803. The molecule has 1 unspecified atom stereocenters. The summed E-state index contributed by atoms with van der Waals surface area (Å²) < 4.78 is 0. The van der Waals surface area contributed by atoms with Gasteiger partial charge in [-0.15, -0.1) is 0 Å². The summed E-state index contributed by atoms with van der Waals surface area (Å²) in [4.78, 5) is 0. The van der Waals surface area contributed by atoms with Crippen molar-refractivity contribution in [2.24, 2.45) is 11.7 Å². The number of hydrogen-bond donors (Lipinski definition) is 1. The molecule has 0 radical (unpaired) electrons. The van der Waals surface area contributed by atoms with Crippen LogP contribution in [0.3, 0.4) is 0 Å². The van der Waals surface area contributed by atoms with Crippen molar-refractivity contribution in [1.29, 1.82) is 0 Å². The van der Waals surface area contributed by atoms with Gasteiger partial charge < -0.3 is 5.73 Å². The standard InChI is InChI=1S/C15H23N/c1-11(2)9-14(16)10-13-5-3-4-6-15(13)12-7-8-12/h3-6,11-12,14H,7-10,16H2,1-2H3. The van der Waals surface area contributed by atoms with Crippen LogP contribution in [-0.4, -0.2) is 6.04 Å². The van der Waals surface area contributed by atoms with Gasteiger partial charge in [-0.2, -0.15) is 0 Å². The molecule has 16 heavy (non-hydrogen) atoms. The van der Waals surface area contributed by atoms with Crippen LogP contribution in [0.4, 0.5) is 0 Å². The predicted molar refractivity (Wildman–Crippen MR) is 69.6 cm³/mol. The Kier molecular flexibility index (Phi) is 3.65. The summed E-state index contributed by atoms with van der Waals surface area (Å²) in [5.41, 5.74) is 9.24. The molecule has 88 valence electrons. The van der Waals surface area contributed by atoms with Crippen molar-refractivity contribution in [3.8, 4) is 0 Å². The minimum Gasteiger partial charge on any atom is -0.327 e. The third-order valence-electron chi connectivity index (χ3n) is 3.33. The average molecular weight is 217 g/mol. The van der Waals surface area contributed by atoms with Gasteiger partial charge in [0.15, 0.2) is 0 Å². The Morgan fingerprint density at radius 2 is 1.94 bits per heavy atom. The molecule has 0 heterocycles. The Morgan fingerprint density at radius 3 is 2.56 bits per heavy atom. The summed E-state index contributed by atoms with van der Waals surface area (Å²) in [7, 11) is 0. The number of benzene rings is 1. The van der Waals surface area contributed by atoms with Crippen molar-refractivity contribution < 1.29 is 0 Å². The Balaban J connectivity index is 2.02. The predicted octanol–water partition coefficient (Wildman–Crippen LogP) is 3.48. The highest BCUT2D eigenvalue weighted by molar-refractivity contribution is 5.33. The van der Waals surface area contributed by atoms with Gasteiger partial charge in [0.1, 0.15) is 0 Å². The normalized spacial score (nSPS) is 17.8. The van der Waals surface area contributed by atoms with Crippen LogP contribution < -0.4 is 5.73 Å². The fourth-order valence-electron chi connectivity index (χ4n) is 2.48. The minimum atomic E-state index is 0.319. The first-order chi connectivity index (χ1) is 7.66. The van der Waals surface area contributed by atoms with Gasteiger partial charge in [0, 0.05) is 6.04 Å². The molecule has 0 aromatic heterocycles. The van der Waals surface area contributed by atoms with Crippen molar-refractivity contribution in [1.82, 2.24) is 0 Å². The summed E-state index contributed by atoms with van der Waals surface area (Å²) in [6.07, 6.45) is 4.91. The smallest absolute Gasteiger partial charge is 0.00818 e. The van der Waals surface area contributed by atoms with Crippen LogP contribution in [0.1, 0.15) is 50.2 Å². The molecule has 0 spiro atoms. The van der Waals surface area contributed by atoms with E-state index < -0.39 is 0 Å². The molecule has 1 atom stereocenters. The topological polar surface area (TPSA) is 26.0 Å². The maximum atomic E-state index is 6.20. The van der Waals surface area contributed by atoms with Crippen molar-refractivity contribution in [3.05, 3.63) is 35.4 Å². The Labute approximate surface area is 99.0 Å². The van der Waals surface area contributed by atoms with E-state index in [9.17, 15) is 0 Å². The molecule has 1 aliphatic rings. The van der Waals surface area contributed by atoms with E-state index in [2.05, 4.69) is 38.1 Å². The van der Waals surface area contributed by atoms with Crippen LogP contribution in [0.5, 0.6) is 0 Å². The SMILES string of the molecule is CC(C)CC(N)Cc1ccccc1C1CC1. The Bertz CT molecular complexity index is 339. The van der Waals surface area contributed by atoms with Crippen molar-refractivity contribution in [2.75, 3.05) is 0 Å². The van der Waals surface area contributed by atoms with Crippen molar-refractivity contribution in [2.45, 2.75) is 51.5 Å². The fourth-order valence-corrected chi connectivity index (χ4v) is 2.48. The van der Waals surface area contributed by atoms with E-state index in [0.29, 0.717) is 12.0 Å². The first-order valence-corrected chi connectivity index (χ1v) is 6.50. The van der Waals surface area contributed by atoms with Crippen LogP contribution in [0.25, 0.3) is 0 Å². The van der Waals surface area contributed by atoms with Gasteiger partial charge in [0.25, 0.3) is 0 Å². The van der Waals surface area contributed by atoms with Gasteiger partial charge in [0.2, 0.25) is 0 Å². The van der Waals surface area contributed by atoms with Crippen LogP contribution in [0.15, 0.2) is 24.3 Å². The minimum absolute atomic E-state index is 0.319. The first kappa shape index (κ1) is 11.7. The van der Waals surface area contributed by atoms with E-state index in [-0.39, 0.29) is 0 Å². The average Bonchev–Trinajstić information content (AvgIpc) is 3.00. The van der Waals surface area contributed by atoms with Gasteiger partial charge in [-0.25, -0.2) is 0 Å². The fraction of sp³-hybridized carbons (Fsp3) is 0.600. The molecular weight excluding hydrogens is 194 g/mol. The first-order valence-electron chi connectivity index (χ1n) is 6.50. The molecule has 1 fully saturated rings. The van der Waals surface area contributed by atoms with Gasteiger partial charge in [-0.1, -0.05) is 38.1 Å². The van der Waals surface area contributed by atoms with E-state index in [1.165, 1.54) is 18.4 Å². The molecule has 1 nitrogen and oxygen atoms in total. The van der Waals surface area contributed by atoms with E-state index in [0.717, 1.165) is 18.8 Å². The lowest BCUT2D eigenvalue weighted by Gasteiger charge is -2.16. The van der Waals surface area contributed by atoms with E-state index in [4.69, 9.17) is 5.73 Å². The maximum absolute atomic E-state index is 6.20. The Hall–Kier alpha value is -0.820. The van der Waals surface area contributed by atoms with Gasteiger partial charge in [-0.3, -0.25) is 0 Å². The zero-order chi connectivity index (χ0) is 11.5. The second-order valence-electron chi connectivity index (χ2n) is 5.57. The summed E-state index contributed by atoms with van der Waals surface area (Å²) in [5.74, 6) is 1.53. The highest BCUT2D eigenvalue weighted by Crippen LogP contribution is 2.41. The largest absolute Gasteiger partial charge is 0.327 e. The maximum Gasteiger partial charge on any atom is 0.00818 e. The summed E-state index contributed by atoms with van der Waals surface area (Å²) in [5, 5.41) is 0. The van der Waals surface area contributed by atoms with E-state index in [1.54, 1.807) is 5.56 Å². The summed E-state index contributed by atoms with van der Waals surface area (Å²) in [6.45, 7) is 4.49. The van der Waals surface area contributed by atoms with Crippen LogP contribution in [-0.2, 0) is 6.42 Å². The molecule has 1 aromatic rings. The van der Waals surface area contributed by atoms with Crippen LogP contribution in [0, 0.1) is 5.92 Å². The van der Waals surface area contributed by atoms with Crippen molar-refractivity contribution in [3.63, 3.8) is 0 Å². The van der Waals surface area contributed by atoms with E-state index in [1.807, 2.05) is 0 Å². The van der Waals surface area contributed by atoms with Gasteiger partial charge in [-0.05, 0) is 48.6 Å². The molecule has 2 rings (SSSR count). The molecule has 1 aliphatic carbocycles. The molecule has 1 heteroatoms. The molecule has 0 saturated heterocycles. The van der Waals surface area contributed by atoms with Gasteiger partial charge >= 0.3 is 0 Å². The van der Waals surface area contributed by atoms with Crippen LogP contribution >= 0.6 is 0 Å². The van der Waals surface area contributed by atoms with Crippen LogP contribution in [0.2, 0.25) is 0 Å². The molecule has 0 aliphatic heterocycles. The lowest BCUT2D eigenvalue weighted by Crippen LogP contribution is -2.25. The molecule has 1 aromatic carbocycles. The third kappa shape index (κ3) is 3.08. The second-order valence-corrected chi connectivity index (χ2v) is 5.57. The highest BCUT2D eigenvalue weighted by Gasteiger charge is 2.25. The molecule has 2 N–H and O–H groups in total. The highest BCUT2D eigenvalue weighted by atomic mass is 14.6. The second kappa shape index (κ2) is 5.01. The third-order valence-corrected chi connectivity index (χ3v) is 3.33. The van der Waals surface area contributed by atoms with Gasteiger partial charge in [0.05, 0.1) is 0 Å². The Morgan fingerprint density at radius 1 is 1.25 bits per heavy atom. The number of rotatable bonds is 5. The van der Waals surface area contributed by atoms with Crippen molar-refractivity contribution >= 4 is 0 Å². The summed E-state index contributed by atoms with van der Waals surface area (Å²) in [6, 6.07) is 9.16. The lowest BCUT2D eigenvalue weighted by molar-refractivity contribution is 0.492. The van der Waals surface area contributed by atoms with E-state index >= 15 is 0 Å². The lowest BCUT2D eigenvalue weighted by atomic mass is 9.94. The molecular formula is C15H23N. The zero-order valence-corrected chi connectivity index (χ0v) is 10.4. The molecule has 1 saturated carbocycles. The molecule has 0 amide bonds. The number of nitrogens with two attached hydrogens (primary N) is 1. The number of hydrogen-bond acceptors (Lipinski definition) is 1. The summed E-state index contributed by atoms with van der Waals surface area (Å²) >= 11 is 0.